The van der Waals surface area contributed by atoms with Crippen molar-refractivity contribution in [1.29, 1.82) is 0 Å². The zero-order valence-corrected chi connectivity index (χ0v) is 21.9. The van der Waals surface area contributed by atoms with Gasteiger partial charge in [0.25, 0.3) is 0 Å². The van der Waals surface area contributed by atoms with Crippen molar-refractivity contribution in [3.05, 3.63) is 95.6 Å². The third-order valence-corrected chi connectivity index (χ3v) is 7.43. The van der Waals surface area contributed by atoms with Crippen molar-refractivity contribution in [1.82, 2.24) is 14.5 Å². The van der Waals surface area contributed by atoms with Crippen molar-refractivity contribution in [2.45, 2.75) is 44.8 Å². The van der Waals surface area contributed by atoms with Crippen LogP contribution in [0.25, 0.3) is 28.1 Å². The van der Waals surface area contributed by atoms with Crippen LogP contribution in [0.4, 0.5) is 20.2 Å². The van der Waals surface area contributed by atoms with E-state index in [-0.39, 0.29) is 12.1 Å². The minimum Gasteiger partial charge on any atom is -0.381 e. The first-order chi connectivity index (χ1) is 19.0. The average Bonchev–Trinajstić information content (AvgIpc) is 2.95. The molecule has 1 N–H and O–H groups in total. The molecule has 1 saturated carbocycles. The molecule has 1 aromatic heterocycles. The van der Waals surface area contributed by atoms with Gasteiger partial charge in [0.05, 0.1) is 57.0 Å². The van der Waals surface area contributed by atoms with Crippen LogP contribution in [-0.2, 0) is 4.74 Å². The van der Waals surface area contributed by atoms with Gasteiger partial charge in [0, 0.05) is 25.1 Å². The van der Waals surface area contributed by atoms with E-state index in [2.05, 4.69) is 10.3 Å². The maximum Gasteiger partial charge on any atom is 0.160 e. The fraction of sp³-hybridized carbons (Fsp3) is 0.258. The number of hydrogen-bond acceptors (Lipinski definition) is 5. The van der Waals surface area contributed by atoms with Crippen LogP contribution in [0, 0.1) is 18.6 Å². The Morgan fingerprint density at radius 1 is 0.923 bits per heavy atom. The SMILES string of the molecule is COC1CCC(N=c2cc3n(-c4ccc(F)c(F)c4)c4ccccc4nc-3cc2Nc2cccnc2C)CC1. The second-order valence-corrected chi connectivity index (χ2v) is 9.95. The molecule has 0 unspecified atom stereocenters. The average molecular weight is 526 g/mol. The van der Waals surface area contributed by atoms with E-state index in [0.29, 0.717) is 11.4 Å². The van der Waals surface area contributed by atoms with Crippen molar-refractivity contribution in [3.63, 3.8) is 0 Å². The van der Waals surface area contributed by atoms with E-state index in [1.807, 2.05) is 60.0 Å². The van der Waals surface area contributed by atoms with Gasteiger partial charge in [-0.3, -0.25) is 9.98 Å². The lowest BCUT2D eigenvalue weighted by atomic mass is 9.93. The highest BCUT2D eigenvalue weighted by molar-refractivity contribution is 5.84. The standard InChI is InChI=1S/C31H29F2N5O/c1-19-25(7-5-15-34-19)36-27-17-29-31(18-28(27)35-20-9-12-22(39-2)13-10-20)38(21-11-14-23(32)24(33)16-21)30-8-4-3-6-26(30)37-29/h3-8,11,14-18,20,22,36H,9-10,12-13H2,1-2H3. The van der Waals surface area contributed by atoms with Crippen LogP contribution in [-0.4, -0.2) is 33.8 Å². The maximum atomic E-state index is 14.4. The highest BCUT2D eigenvalue weighted by Gasteiger charge is 2.22. The normalized spacial score (nSPS) is 18.1. The summed E-state index contributed by atoms with van der Waals surface area (Å²) >= 11 is 0. The highest BCUT2D eigenvalue weighted by Crippen LogP contribution is 2.31. The smallest absolute Gasteiger partial charge is 0.160 e. The van der Waals surface area contributed by atoms with Crippen LogP contribution in [0.1, 0.15) is 31.4 Å². The molecule has 0 saturated heterocycles. The zero-order chi connectivity index (χ0) is 26.9. The number of nitrogens with one attached hydrogen (secondary N) is 1. The molecule has 6 rings (SSSR count). The van der Waals surface area contributed by atoms with Gasteiger partial charge >= 0.3 is 0 Å². The molecule has 1 fully saturated rings. The summed E-state index contributed by atoms with van der Waals surface area (Å²) in [6, 6.07) is 19.6. The molecule has 1 aliphatic heterocycles. The number of fused-ring (bicyclic) bond motifs is 2. The minimum atomic E-state index is -0.904. The summed E-state index contributed by atoms with van der Waals surface area (Å²) in [4.78, 5) is 14.5. The fourth-order valence-electron chi connectivity index (χ4n) is 5.32. The van der Waals surface area contributed by atoms with Gasteiger partial charge in [-0.1, -0.05) is 12.1 Å². The van der Waals surface area contributed by atoms with Gasteiger partial charge in [0.15, 0.2) is 11.6 Å². The lowest BCUT2D eigenvalue weighted by Gasteiger charge is -2.25. The number of aromatic nitrogens is 3. The molecule has 0 atom stereocenters. The van der Waals surface area contributed by atoms with Crippen molar-refractivity contribution in [3.8, 4) is 17.1 Å². The molecule has 6 nitrogen and oxygen atoms in total. The van der Waals surface area contributed by atoms with Crippen LogP contribution in [0.15, 0.2) is 77.9 Å². The summed E-state index contributed by atoms with van der Waals surface area (Å²) in [6.45, 7) is 1.95. The van der Waals surface area contributed by atoms with E-state index in [1.54, 1.807) is 19.4 Å². The molecule has 0 spiro atoms. The van der Waals surface area contributed by atoms with Crippen LogP contribution in [0.5, 0.6) is 0 Å². The minimum absolute atomic E-state index is 0.148. The maximum absolute atomic E-state index is 14.4. The molecule has 39 heavy (non-hydrogen) atoms. The lowest BCUT2D eigenvalue weighted by molar-refractivity contribution is 0.0663. The Labute approximate surface area is 225 Å². The van der Waals surface area contributed by atoms with Crippen LogP contribution in [0.2, 0.25) is 0 Å². The first-order valence-corrected chi connectivity index (χ1v) is 13.2. The molecular formula is C31H29F2N5O. The molecule has 198 valence electrons. The number of ether oxygens (including phenoxy) is 1. The summed E-state index contributed by atoms with van der Waals surface area (Å²) < 4.78 is 35.8. The summed E-state index contributed by atoms with van der Waals surface area (Å²) in [6.07, 6.45) is 5.82. The first-order valence-electron chi connectivity index (χ1n) is 13.2. The second-order valence-electron chi connectivity index (χ2n) is 9.95. The predicted octanol–water partition coefficient (Wildman–Crippen LogP) is 6.71. The Bertz CT molecular complexity index is 1690. The van der Waals surface area contributed by atoms with E-state index in [0.717, 1.165) is 70.9 Å². The molecule has 2 aromatic carbocycles. The van der Waals surface area contributed by atoms with Gasteiger partial charge in [0.1, 0.15) is 0 Å². The van der Waals surface area contributed by atoms with E-state index >= 15 is 0 Å². The monoisotopic (exact) mass is 525 g/mol. The number of methoxy groups -OCH3 is 1. The van der Waals surface area contributed by atoms with Crippen molar-refractivity contribution < 1.29 is 13.5 Å². The number of rotatable bonds is 5. The summed E-state index contributed by atoms with van der Waals surface area (Å²) in [5, 5.41) is 4.30. The number of benzene rings is 3. The molecule has 3 aromatic rings. The number of anilines is 2. The third-order valence-electron chi connectivity index (χ3n) is 7.43. The Morgan fingerprint density at radius 2 is 1.74 bits per heavy atom. The third kappa shape index (κ3) is 5.00. The molecule has 3 aliphatic rings. The van der Waals surface area contributed by atoms with Crippen LogP contribution < -0.4 is 10.7 Å². The Balaban J connectivity index is 1.59. The summed E-state index contributed by atoms with van der Waals surface area (Å²) in [5.41, 5.74) is 6.03. The predicted molar refractivity (Wildman–Crippen MR) is 148 cm³/mol. The first kappa shape index (κ1) is 25.1. The number of para-hydroxylation sites is 2. The second kappa shape index (κ2) is 10.5. The molecule has 2 heterocycles. The van der Waals surface area contributed by atoms with Crippen molar-refractivity contribution in [2.75, 3.05) is 12.4 Å². The van der Waals surface area contributed by atoms with E-state index in [1.165, 1.54) is 6.07 Å². The Kier molecular flexibility index (Phi) is 6.79. The van der Waals surface area contributed by atoms with E-state index < -0.39 is 11.6 Å². The van der Waals surface area contributed by atoms with E-state index in [4.69, 9.17) is 14.7 Å². The van der Waals surface area contributed by atoms with E-state index in [9.17, 15) is 8.78 Å². The summed E-state index contributed by atoms with van der Waals surface area (Å²) in [5.74, 6) is -1.79. The van der Waals surface area contributed by atoms with Gasteiger partial charge in [0.2, 0.25) is 0 Å². The van der Waals surface area contributed by atoms with Crippen LogP contribution >= 0.6 is 0 Å². The molecule has 8 heteroatoms. The van der Waals surface area contributed by atoms with Gasteiger partial charge in [-0.15, -0.1) is 0 Å². The van der Waals surface area contributed by atoms with Gasteiger partial charge in [-0.25, -0.2) is 13.8 Å². The topological polar surface area (TPSA) is 64.3 Å². The number of aryl methyl sites for hydroxylation is 1. The number of pyridine rings is 1. The molecule has 2 aliphatic carbocycles. The van der Waals surface area contributed by atoms with Crippen LogP contribution in [0.3, 0.4) is 0 Å². The lowest BCUT2D eigenvalue weighted by Crippen LogP contribution is -2.25. The molecule has 0 radical (unpaired) electrons. The van der Waals surface area contributed by atoms with Crippen molar-refractivity contribution >= 4 is 22.4 Å². The van der Waals surface area contributed by atoms with Gasteiger partial charge < -0.3 is 14.6 Å². The number of nitrogens with zero attached hydrogens (tertiary/aromatic N) is 4. The largest absolute Gasteiger partial charge is 0.381 e. The van der Waals surface area contributed by atoms with Gasteiger partial charge in [-0.05, 0) is 81.1 Å². The summed E-state index contributed by atoms with van der Waals surface area (Å²) in [7, 11) is 1.76. The highest BCUT2D eigenvalue weighted by atomic mass is 19.2. The zero-order valence-electron chi connectivity index (χ0n) is 21.9. The fourth-order valence-corrected chi connectivity index (χ4v) is 5.32. The van der Waals surface area contributed by atoms with Gasteiger partial charge in [-0.2, -0.15) is 0 Å². The number of hydrogen-bond donors (Lipinski definition) is 1. The molecular weight excluding hydrogens is 496 g/mol. The molecule has 0 amide bonds. The van der Waals surface area contributed by atoms with Crippen molar-refractivity contribution in [2.24, 2.45) is 4.99 Å². The molecule has 0 bridgehead atoms. The number of halogens is 2. The quantitative estimate of drug-likeness (QED) is 0.259. The Morgan fingerprint density at radius 3 is 2.51 bits per heavy atom. The Hall–Kier alpha value is -4.17.